The average Bonchev–Trinajstić information content (AvgIpc) is 2.31. The quantitative estimate of drug-likeness (QED) is 0.854. The molecule has 1 heterocycles. The Labute approximate surface area is 105 Å². The molecule has 0 radical (unpaired) electrons. The summed E-state index contributed by atoms with van der Waals surface area (Å²) in [5, 5.41) is 2.60. The van der Waals surface area contributed by atoms with Crippen LogP contribution in [-0.4, -0.2) is 26.9 Å². The van der Waals surface area contributed by atoms with E-state index in [1.165, 1.54) is 0 Å². The van der Waals surface area contributed by atoms with Crippen LogP contribution in [0.4, 0.5) is 16.2 Å². The van der Waals surface area contributed by atoms with Crippen LogP contribution < -0.4 is 10.0 Å². The van der Waals surface area contributed by atoms with Crippen molar-refractivity contribution in [1.29, 1.82) is 0 Å². The molecule has 7 heteroatoms. The van der Waals surface area contributed by atoms with Crippen molar-refractivity contribution in [2.24, 2.45) is 0 Å². The maximum Gasteiger partial charge on any atom is 0.411 e. The van der Waals surface area contributed by atoms with Crippen LogP contribution in [0.15, 0.2) is 18.2 Å². The number of carbonyl (C=O) groups excluding carboxylic acids is 1. The molecule has 0 bridgehead atoms. The van der Waals surface area contributed by atoms with Crippen LogP contribution >= 0.6 is 0 Å². The Kier molecular flexibility index (Phi) is 3.16. The van der Waals surface area contributed by atoms with Crippen LogP contribution in [0.3, 0.4) is 0 Å². The van der Waals surface area contributed by atoms with Gasteiger partial charge in [-0.2, -0.15) is 0 Å². The Morgan fingerprint density at radius 3 is 2.83 bits per heavy atom. The number of cyclic esters (lactones) is 1. The highest BCUT2D eigenvalue weighted by Crippen LogP contribution is 2.25. The number of carbonyl (C=O) groups is 1. The van der Waals surface area contributed by atoms with Crippen molar-refractivity contribution in [2.75, 3.05) is 16.3 Å². The monoisotopic (exact) mass is 270 g/mol. The van der Waals surface area contributed by atoms with Gasteiger partial charge in [0.15, 0.2) is 0 Å². The Hall–Kier alpha value is -1.76. The third-order valence-corrected chi connectivity index (χ3v) is 3.07. The molecule has 1 aromatic rings. The minimum Gasteiger partial charge on any atom is -0.446 e. The van der Waals surface area contributed by atoms with Crippen LogP contribution in [-0.2, 0) is 21.2 Å². The van der Waals surface area contributed by atoms with E-state index in [1.54, 1.807) is 25.1 Å². The molecule has 2 N–H and O–H groups in total. The van der Waals surface area contributed by atoms with Gasteiger partial charge in [0.2, 0.25) is 10.0 Å². The lowest BCUT2D eigenvalue weighted by Gasteiger charge is -2.10. The molecule has 18 heavy (non-hydrogen) atoms. The number of rotatable bonds is 2. The van der Waals surface area contributed by atoms with Crippen LogP contribution in [0.25, 0.3) is 0 Å². The Morgan fingerprint density at radius 1 is 1.44 bits per heavy atom. The molecule has 98 valence electrons. The van der Waals surface area contributed by atoms with Gasteiger partial charge in [-0.25, -0.2) is 13.2 Å². The van der Waals surface area contributed by atoms with E-state index in [9.17, 15) is 13.2 Å². The summed E-state index contributed by atoms with van der Waals surface area (Å²) in [7, 11) is -3.31. The van der Waals surface area contributed by atoms with Gasteiger partial charge < -0.3 is 4.74 Å². The predicted octanol–water partition coefficient (Wildman–Crippen LogP) is 1.55. The third kappa shape index (κ3) is 3.13. The first-order valence-electron chi connectivity index (χ1n) is 5.42. The van der Waals surface area contributed by atoms with Gasteiger partial charge in [-0.3, -0.25) is 10.0 Å². The fourth-order valence-electron chi connectivity index (χ4n) is 1.84. The normalized spacial score (nSPS) is 19.2. The van der Waals surface area contributed by atoms with E-state index in [0.29, 0.717) is 17.8 Å². The number of fused-ring (bicyclic) bond motifs is 1. The molecule has 6 nitrogen and oxygen atoms in total. The lowest BCUT2D eigenvalue weighted by atomic mass is 10.1. The molecule has 2 rings (SSSR count). The number of anilines is 2. The predicted molar refractivity (Wildman–Crippen MR) is 68.2 cm³/mol. The van der Waals surface area contributed by atoms with E-state index in [-0.39, 0.29) is 6.10 Å². The SMILES string of the molecule is CC1Cc2cc(NS(C)(=O)=O)ccc2NC(=O)O1. The first-order valence-corrected chi connectivity index (χ1v) is 7.31. The summed E-state index contributed by atoms with van der Waals surface area (Å²) in [6.07, 6.45) is 0.879. The van der Waals surface area contributed by atoms with E-state index in [0.717, 1.165) is 11.8 Å². The Balaban J connectivity index is 2.34. The molecule has 0 saturated carbocycles. The lowest BCUT2D eigenvalue weighted by molar-refractivity contribution is 0.123. The van der Waals surface area contributed by atoms with Gasteiger partial charge in [0, 0.05) is 17.8 Å². The first-order chi connectivity index (χ1) is 8.33. The summed E-state index contributed by atoms with van der Waals surface area (Å²) in [6, 6.07) is 4.94. The highest BCUT2D eigenvalue weighted by Gasteiger charge is 2.19. The van der Waals surface area contributed by atoms with E-state index in [4.69, 9.17) is 4.74 Å². The van der Waals surface area contributed by atoms with E-state index < -0.39 is 16.1 Å². The molecule has 1 unspecified atom stereocenters. The maximum atomic E-state index is 11.3. The molecule has 0 aromatic heterocycles. The maximum absolute atomic E-state index is 11.3. The minimum absolute atomic E-state index is 0.250. The van der Waals surface area contributed by atoms with Crippen molar-refractivity contribution in [3.05, 3.63) is 23.8 Å². The van der Waals surface area contributed by atoms with Crippen molar-refractivity contribution < 1.29 is 17.9 Å². The first kappa shape index (κ1) is 12.7. The van der Waals surface area contributed by atoms with E-state index in [1.807, 2.05) is 0 Å². The molecule has 1 amide bonds. The number of hydrogen-bond acceptors (Lipinski definition) is 4. The molecule has 1 atom stereocenters. The summed E-state index contributed by atoms with van der Waals surface area (Å²) in [6.45, 7) is 1.78. The highest BCUT2D eigenvalue weighted by atomic mass is 32.2. The number of ether oxygens (including phenoxy) is 1. The van der Waals surface area contributed by atoms with Crippen molar-refractivity contribution in [1.82, 2.24) is 0 Å². The van der Waals surface area contributed by atoms with Crippen LogP contribution in [0.2, 0.25) is 0 Å². The average molecular weight is 270 g/mol. The number of sulfonamides is 1. The minimum atomic E-state index is -3.31. The van der Waals surface area contributed by atoms with Crippen LogP contribution in [0.5, 0.6) is 0 Å². The second kappa shape index (κ2) is 4.49. The van der Waals surface area contributed by atoms with Gasteiger partial charge in [0.05, 0.1) is 6.26 Å². The summed E-state index contributed by atoms with van der Waals surface area (Å²) in [5.41, 5.74) is 1.95. The number of hydrogen-bond donors (Lipinski definition) is 2. The second-order valence-corrected chi connectivity index (χ2v) is 6.04. The number of benzene rings is 1. The number of amides is 1. The highest BCUT2D eigenvalue weighted by molar-refractivity contribution is 7.92. The van der Waals surface area contributed by atoms with Gasteiger partial charge in [0.1, 0.15) is 6.10 Å². The van der Waals surface area contributed by atoms with Gasteiger partial charge in [-0.05, 0) is 30.7 Å². The van der Waals surface area contributed by atoms with Gasteiger partial charge in [-0.15, -0.1) is 0 Å². The number of nitrogens with one attached hydrogen (secondary N) is 2. The Morgan fingerprint density at radius 2 is 2.17 bits per heavy atom. The zero-order valence-electron chi connectivity index (χ0n) is 10.1. The van der Waals surface area contributed by atoms with E-state index >= 15 is 0 Å². The third-order valence-electron chi connectivity index (χ3n) is 2.46. The summed E-state index contributed by atoms with van der Waals surface area (Å²) in [4.78, 5) is 11.3. The standard InChI is InChI=1S/C11H14N2O4S/c1-7-5-8-6-9(13-18(2,15)16)3-4-10(8)12-11(14)17-7/h3-4,6-7,13H,5H2,1-2H3,(H,12,14). The molecule has 1 aliphatic heterocycles. The molecule has 1 aliphatic rings. The van der Waals surface area contributed by atoms with Crippen molar-refractivity contribution in [2.45, 2.75) is 19.4 Å². The van der Waals surface area contributed by atoms with Crippen LogP contribution in [0, 0.1) is 0 Å². The summed E-state index contributed by atoms with van der Waals surface area (Å²) < 4.78 is 29.7. The molecular formula is C11H14N2O4S. The molecule has 0 aliphatic carbocycles. The fourth-order valence-corrected chi connectivity index (χ4v) is 2.39. The largest absolute Gasteiger partial charge is 0.446 e. The van der Waals surface area contributed by atoms with Crippen molar-refractivity contribution in [3.63, 3.8) is 0 Å². The molecule has 0 spiro atoms. The van der Waals surface area contributed by atoms with Crippen LogP contribution in [0.1, 0.15) is 12.5 Å². The van der Waals surface area contributed by atoms with Gasteiger partial charge in [0.25, 0.3) is 0 Å². The summed E-state index contributed by atoms with van der Waals surface area (Å²) >= 11 is 0. The van der Waals surface area contributed by atoms with E-state index in [2.05, 4.69) is 10.0 Å². The molecule has 1 aromatic carbocycles. The smallest absolute Gasteiger partial charge is 0.411 e. The molecule has 0 saturated heterocycles. The zero-order chi connectivity index (χ0) is 13.3. The second-order valence-electron chi connectivity index (χ2n) is 4.29. The van der Waals surface area contributed by atoms with Crippen molar-refractivity contribution >= 4 is 27.5 Å². The summed E-state index contributed by atoms with van der Waals surface area (Å²) in [5.74, 6) is 0. The topological polar surface area (TPSA) is 84.5 Å². The van der Waals surface area contributed by atoms with Gasteiger partial charge >= 0.3 is 6.09 Å². The lowest BCUT2D eigenvalue weighted by Crippen LogP contribution is -2.17. The molecule has 0 fully saturated rings. The van der Waals surface area contributed by atoms with Crippen molar-refractivity contribution in [3.8, 4) is 0 Å². The molecular weight excluding hydrogens is 256 g/mol. The van der Waals surface area contributed by atoms with Gasteiger partial charge in [-0.1, -0.05) is 0 Å². The Bertz CT molecular complexity index is 583. The zero-order valence-corrected chi connectivity index (χ0v) is 10.9. The fraction of sp³-hybridized carbons (Fsp3) is 0.364.